The molecule has 0 unspecified atom stereocenters. The number of carbonyl (C=O) groups excluding carboxylic acids is 1. The number of piperidine rings is 1. The minimum atomic E-state index is -0.0910. The van der Waals surface area contributed by atoms with Gasteiger partial charge in [-0.2, -0.15) is 0 Å². The second-order valence-electron chi connectivity index (χ2n) is 7.24. The standard InChI is InChI=1S/C23H20N2O2S.CH3I/c26-22(24-11-5-2-6-12-24)19-15-18(16-7-3-1-4-8-16)23(27)25-13-9-17-10-14-28-21(17)20(19)25;1-2/h1,3-4,7-10,13-15H,2,5-6,11-12H2;1H3. The number of aromatic nitrogens is 1. The molecule has 0 N–H and O–H groups in total. The second-order valence-corrected chi connectivity index (χ2v) is 8.15. The van der Waals surface area contributed by atoms with E-state index in [4.69, 9.17) is 0 Å². The van der Waals surface area contributed by atoms with Crippen molar-refractivity contribution in [2.75, 3.05) is 18.0 Å². The zero-order valence-electron chi connectivity index (χ0n) is 16.8. The highest BCUT2D eigenvalue weighted by Gasteiger charge is 2.24. The first-order valence-corrected chi connectivity index (χ1v) is 13.1. The van der Waals surface area contributed by atoms with Crippen LogP contribution in [0.1, 0.15) is 29.6 Å². The van der Waals surface area contributed by atoms with Crippen LogP contribution in [-0.4, -0.2) is 33.2 Å². The van der Waals surface area contributed by atoms with Crippen molar-refractivity contribution < 1.29 is 4.79 Å². The molecule has 6 heteroatoms. The molecule has 0 aliphatic carbocycles. The quantitative estimate of drug-likeness (QED) is 0.241. The largest absolute Gasteiger partial charge is 0.339 e. The Morgan fingerprint density at radius 1 is 1.00 bits per heavy atom. The summed E-state index contributed by atoms with van der Waals surface area (Å²) in [6.07, 6.45) is 5.04. The third-order valence-corrected chi connectivity index (χ3v) is 6.44. The molecule has 5 rings (SSSR count). The SMILES string of the molecule is CI.O=C(c1cc(-c2ccccc2)c(=O)n2ccc3ccsc3c12)N1CCCCC1. The predicted octanol–water partition coefficient (Wildman–Crippen LogP) is 5.86. The van der Waals surface area contributed by atoms with Crippen LogP contribution in [0.25, 0.3) is 26.7 Å². The van der Waals surface area contributed by atoms with Crippen molar-refractivity contribution in [3.8, 4) is 11.1 Å². The summed E-state index contributed by atoms with van der Waals surface area (Å²) < 4.78 is 2.64. The summed E-state index contributed by atoms with van der Waals surface area (Å²) >= 11 is 3.72. The Labute approximate surface area is 193 Å². The average molecular weight is 530 g/mol. The average Bonchev–Trinajstić information content (AvgIpc) is 3.30. The van der Waals surface area contributed by atoms with Crippen LogP contribution in [0.15, 0.2) is 64.9 Å². The minimum Gasteiger partial charge on any atom is -0.339 e. The Morgan fingerprint density at radius 2 is 1.73 bits per heavy atom. The Morgan fingerprint density at radius 3 is 2.47 bits per heavy atom. The molecule has 4 aromatic rings. The number of benzene rings is 1. The molecule has 1 aliphatic heterocycles. The number of alkyl halides is 1. The van der Waals surface area contributed by atoms with Crippen molar-refractivity contribution in [3.63, 3.8) is 0 Å². The van der Waals surface area contributed by atoms with E-state index >= 15 is 0 Å². The molecule has 1 saturated heterocycles. The zero-order valence-corrected chi connectivity index (χ0v) is 19.8. The lowest BCUT2D eigenvalue weighted by Gasteiger charge is -2.27. The second kappa shape index (κ2) is 9.31. The number of hydrogen-bond donors (Lipinski definition) is 0. The van der Waals surface area contributed by atoms with Gasteiger partial charge >= 0.3 is 0 Å². The summed E-state index contributed by atoms with van der Waals surface area (Å²) in [4.78, 5) is 30.7. The van der Waals surface area contributed by atoms with E-state index in [-0.39, 0.29) is 11.5 Å². The van der Waals surface area contributed by atoms with Crippen molar-refractivity contribution >= 4 is 55.4 Å². The fourth-order valence-electron chi connectivity index (χ4n) is 4.06. The van der Waals surface area contributed by atoms with Crippen LogP contribution in [0.3, 0.4) is 0 Å². The molecular weight excluding hydrogens is 507 g/mol. The van der Waals surface area contributed by atoms with Gasteiger partial charge in [0, 0.05) is 24.8 Å². The molecule has 1 aromatic carbocycles. The molecular formula is C24H23IN2O2S. The number of amides is 1. The lowest BCUT2D eigenvalue weighted by atomic mass is 10.0. The van der Waals surface area contributed by atoms with E-state index in [2.05, 4.69) is 22.6 Å². The van der Waals surface area contributed by atoms with Crippen molar-refractivity contribution in [2.45, 2.75) is 19.3 Å². The molecule has 4 nitrogen and oxygen atoms in total. The van der Waals surface area contributed by atoms with Gasteiger partial charge in [-0.05, 0) is 58.7 Å². The van der Waals surface area contributed by atoms with E-state index < -0.39 is 0 Å². The highest BCUT2D eigenvalue weighted by atomic mass is 127. The van der Waals surface area contributed by atoms with Gasteiger partial charge in [-0.1, -0.05) is 52.9 Å². The Balaban J connectivity index is 0.00000106. The lowest BCUT2D eigenvalue weighted by Crippen LogP contribution is -2.36. The first-order chi connectivity index (χ1) is 14.7. The zero-order chi connectivity index (χ0) is 21.1. The van der Waals surface area contributed by atoms with E-state index in [1.807, 2.05) is 63.7 Å². The molecule has 154 valence electrons. The molecule has 1 amide bonds. The van der Waals surface area contributed by atoms with Crippen LogP contribution < -0.4 is 5.56 Å². The molecule has 0 bridgehead atoms. The van der Waals surface area contributed by atoms with Crippen LogP contribution in [0.4, 0.5) is 0 Å². The number of fused-ring (bicyclic) bond motifs is 3. The van der Waals surface area contributed by atoms with E-state index in [1.165, 1.54) is 6.42 Å². The van der Waals surface area contributed by atoms with Gasteiger partial charge in [0.2, 0.25) is 0 Å². The smallest absolute Gasteiger partial charge is 0.263 e. The van der Waals surface area contributed by atoms with E-state index in [9.17, 15) is 9.59 Å². The first kappa shape index (κ1) is 21.1. The van der Waals surface area contributed by atoms with Crippen LogP contribution in [0.2, 0.25) is 0 Å². The highest BCUT2D eigenvalue weighted by molar-refractivity contribution is 14.1. The lowest BCUT2D eigenvalue weighted by molar-refractivity contribution is 0.0726. The van der Waals surface area contributed by atoms with Gasteiger partial charge in [0.15, 0.2) is 0 Å². The van der Waals surface area contributed by atoms with Crippen molar-refractivity contribution in [1.29, 1.82) is 0 Å². The maximum absolute atomic E-state index is 13.5. The summed E-state index contributed by atoms with van der Waals surface area (Å²) in [5.74, 6) is 0.0234. The molecule has 0 radical (unpaired) electrons. The summed E-state index contributed by atoms with van der Waals surface area (Å²) in [5, 5.41) is 3.07. The topological polar surface area (TPSA) is 41.8 Å². The molecule has 3 aromatic heterocycles. The minimum absolute atomic E-state index is 0.0234. The highest BCUT2D eigenvalue weighted by Crippen LogP contribution is 2.30. The Hall–Kier alpha value is -2.19. The molecule has 0 spiro atoms. The van der Waals surface area contributed by atoms with Gasteiger partial charge in [-0.25, -0.2) is 0 Å². The Kier molecular flexibility index (Phi) is 6.53. The van der Waals surface area contributed by atoms with Crippen LogP contribution in [0, 0.1) is 0 Å². The molecule has 0 saturated carbocycles. The number of thiophene rings is 1. The van der Waals surface area contributed by atoms with Gasteiger partial charge in [0.05, 0.1) is 15.8 Å². The maximum Gasteiger partial charge on any atom is 0.263 e. The van der Waals surface area contributed by atoms with Crippen LogP contribution >= 0.6 is 33.9 Å². The van der Waals surface area contributed by atoms with Gasteiger partial charge < -0.3 is 4.90 Å². The summed E-state index contributed by atoms with van der Waals surface area (Å²) in [5.41, 5.74) is 2.66. The number of rotatable bonds is 2. The van der Waals surface area contributed by atoms with Gasteiger partial charge in [-0.3, -0.25) is 14.0 Å². The summed E-state index contributed by atoms with van der Waals surface area (Å²) in [7, 11) is 0. The molecule has 0 atom stereocenters. The molecule has 1 aliphatic rings. The number of hydrogen-bond acceptors (Lipinski definition) is 3. The number of carbonyl (C=O) groups is 1. The van der Waals surface area contributed by atoms with Crippen molar-refractivity contribution in [2.24, 2.45) is 0 Å². The van der Waals surface area contributed by atoms with E-state index in [1.54, 1.807) is 21.9 Å². The maximum atomic E-state index is 13.5. The fraction of sp³-hybridized carbons (Fsp3) is 0.250. The third kappa shape index (κ3) is 3.78. The first-order valence-electron chi connectivity index (χ1n) is 10.0. The van der Waals surface area contributed by atoms with Crippen LogP contribution in [-0.2, 0) is 0 Å². The third-order valence-electron chi connectivity index (χ3n) is 5.51. The van der Waals surface area contributed by atoms with Gasteiger partial charge in [-0.15, -0.1) is 11.3 Å². The predicted molar refractivity (Wildman–Crippen MR) is 134 cm³/mol. The molecule has 4 heterocycles. The Bertz CT molecular complexity index is 1240. The fourth-order valence-corrected chi connectivity index (χ4v) is 5.00. The van der Waals surface area contributed by atoms with E-state index in [0.29, 0.717) is 11.1 Å². The number of likely N-dealkylation sites (tertiary alicyclic amines) is 1. The molecule has 1 fully saturated rings. The molecule has 30 heavy (non-hydrogen) atoms. The van der Waals surface area contributed by atoms with Crippen molar-refractivity contribution in [1.82, 2.24) is 9.30 Å². The monoisotopic (exact) mass is 530 g/mol. The number of halogens is 1. The van der Waals surface area contributed by atoms with E-state index in [0.717, 1.165) is 47.1 Å². The van der Waals surface area contributed by atoms with Gasteiger partial charge in [0.1, 0.15) is 0 Å². The normalized spacial score (nSPS) is 13.9. The number of pyridine rings is 2. The van der Waals surface area contributed by atoms with Gasteiger partial charge in [0.25, 0.3) is 11.5 Å². The summed E-state index contributed by atoms with van der Waals surface area (Å²) in [6, 6.07) is 15.4. The number of nitrogens with zero attached hydrogens (tertiary/aromatic N) is 2. The van der Waals surface area contributed by atoms with Crippen molar-refractivity contribution in [3.05, 3.63) is 76.0 Å². The summed E-state index contributed by atoms with van der Waals surface area (Å²) in [6.45, 7) is 1.57. The van der Waals surface area contributed by atoms with Crippen LogP contribution in [0.5, 0.6) is 0 Å².